The maximum absolute atomic E-state index is 9.87. The fraction of sp³-hybridized carbons (Fsp3) is 0.600. The van der Waals surface area contributed by atoms with Gasteiger partial charge in [0, 0.05) is 6.42 Å². The summed E-state index contributed by atoms with van der Waals surface area (Å²) < 4.78 is 0. The molecule has 72 valence electrons. The van der Waals surface area contributed by atoms with E-state index in [9.17, 15) is 9.59 Å². The van der Waals surface area contributed by atoms with Crippen molar-refractivity contribution >= 4 is 11.9 Å². The SMILES string of the molecule is NN.O=C(O)CCC(O)C(=O)O. The summed E-state index contributed by atoms with van der Waals surface area (Å²) in [6.45, 7) is 0. The zero-order valence-corrected chi connectivity index (χ0v) is 6.30. The Bertz CT molecular complexity index is 149. The van der Waals surface area contributed by atoms with E-state index in [0.29, 0.717) is 0 Å². The smallest absolute Gasteiger partial charge is 0.332 e. The Morgan fingerprint density at radius 3 is 1.92 bits per heavy atom. The first-order valence-corrected chi connectivity index (χ1v) is 3.00. The summed E-state index contributed by atoms with van der Waals surface area (Å²) in [7, 11) is 0. The molecule has 0 aliphatic rings. The third kappa shape index (κ3) is 8.82. The Morgan fingerprint density at radius 2 is 1.67 bits per heavy atom. The number of aliphatic hydroxyl groups excluding tert-OH is 1. The van der Waals surface area contributed by atoms with E-state index in [0.717, 1.165) is 0 Å². The Morgan fingerprint density at radius 1 is 1.25 bits per heavy atom. The summed E-state index contributed by atoms with van der Waals surface area (Å²) in [6, 6.07) is 0. The van der Waals surface area contributed by atoms with Gasteiger partial charge in [0.2, 0.25) is 0 Å². The number of aliphatic hydroxyl groups is 1. The summed E-state index contributed by atoms with van der Waals surface area (Å²) in [5, 5.41) is 24.6. The number of hydrogen-bond acceptors (Lipinski definition) is 5. The van der Waals surface area contributed by atoms with Crippen LogP contribution < -0.4 is 11.7 Å². The van der Waals surface area contributed by atoms with E-state index in [1.807, 2.05) is 0 Å². The molecule has 1 atom stereocenters. The van der Waals surface area contributed by atoms with Crippen molar-refractivity contribution in [3.05, 3.63) is 0 Å². The number of rotatable bonds is 4. The lowest BCUT2D eigenvalue weighted by molar-refractivity contribution is -0.147. The first kappa shape index (κ1) is 13.4. The molecule has 7 heteroatoms. The monoisotopic (exact) mass is 180 g/mol. The van der Waals surface area contributed by atoms with Crippen molar-refractivity contribution in [3.63, 3.8) is 0 Å². The number of hydrazine groups is 1. The normalized spacial score (nSPS) is 10.9. The van der Waals surface area contributed by atoms with Crippen LogP contribution in [0.1, 0.15) is 12.8 Å². The molecule has 0 aliphatic carbocycles. The second kappa shape index (κ2) is 7.92. The first-order valence-electron chi connectivity index (χ1n) is 3.00. The van der Waals surface area contributed by atoms with Gasteiger partial charge in [0.15, 0.2) is 6.10 Å². The van der Waals surface area contributed by atoms with Gasteiger partial charge >= 0.3 is 11.9 Å². The Labute approximate surface area is 68.6 Å². The number of carboxylic acid groups (broad SMARTS) is 2. The van der Waals surface area contributed by atoms with E-state index < -0.39 is 18.0 Å². The maximum atomic E-state index is 9.87. The van der Waals surface area contributed by atoms with Crippen molar-refractivity contribution in [2.45, 2.75) is 18.9 Å². The number of nitrogens with two attached hydrogens (primary N) is 2. The van der Waals surface area contributed by atoms with E-state index >= 15 is 0 Å². The van der Waals surface area contributed by atoms with Crippen LogP contribution in [-0.4, -0.2) is 33.4 Å². The van der Waals surface area contributed by atoms with Crippen LogP contribution in [0.2, 0.25) is 0 Å². The zero-order valence-electron chi connectivity index (χ0n) is 6.30. The summed E-state index contributed by atoms with van der Waals surface area (Å²) in [5.74, 6) is 5.50. The van der Waals surface area contributed by atoms with Gasteiger partial charge in [-0.05, 0) is 6.42 Å². The molecule has 0 aliphatic heterocycles. The van der Waals surface area contributed by atoms with Crippen molar-refractivity contribution < 1.29 is 24.9 Å². The summed E-state index contributed by atoms with van der Waals surface area (Å²) in [5.41, 5.74) is 0. The molecule has 0 rings (SSSR count). The lowest BCUT2D eigenvalue weighted by Crippen LogP contribution is -2.20. The molecule has 0 aromatic carbocycles. The molecule has 0 aromatic heterocycles. The van der Waals surface area contributed by atoms with Crippen LogP contribution in [0.25, 0.3) is 0 Å². The number of carbonyl (C=O) groups is 2. The average Bonchev–Trinajstić information content (AvgIpc) is 2.03. The summed E-state index contributed by atoms with van der Waals surface area (Å²) in [6.07, 6.45) is -2.13. The first-order chi connectivity index (χ1) is 5.54. The van der Waals surface area contributed by atoms with Gasteiger partial charge in [-0.15, -0.1) is 0 Å². The van der Waals surface area contributed by atoms with Gasteiger partial charge in [0.05, 0.1) is 0 Å². The second-order valence-corrected chi connectivity index (χ2v) is 1.79. The molecule has 0 amide bonds. The van der Waals surface area contributed by atoms with Crippen molar-refractivity contribution in [3.8, 4) is 0 Å². The van der Waals surface area contributed by atoms with E-state index in [-0.39, 0.29) is 12.8 Å². The van der Waals surface area contributed by atoms with E-state index in [1.54, 1.807) is 0 Å². The van der Waals surface area contributed by atoms with Crippen LogP contribution in [-0.2, 0) is 9.59 Å². The fourth-order valence-corrected chi connectivity index (χ4v) is 0.384. The topological polar surface area (TPSA) is 147 Å². The standard InChI is InChI=1S/C5H8O5.H4N2/c6-3(5(9)10)1-2-4(7)8;1-2/h3,6H,1-2H2,(H,7,8)(H,9,10);1-2H2. The number of hydrogen-bond donors (Lipinski definition) is 5. The third-order valence-electron chi connectivity index (χ3n) is 0.917. The van der Waals surface area contributed by atoms with Crippen LogP contribution in [0.5, 0.6) is 0 Å². The highest BCUT2D eigenvalue weighted by molar-refractivity contribution is 5.73. The third-order valence-corrected chi connectivity index (χ3v) is 0.917. The lowest BCUT2D eigenvalue weighted by Gasteiger charge is -2.00. The lowest BCUT2D eigenvalue weighted by atomic mass is 10.2. The molecule has 0 saturated heterocycles. The molecule has 12 heavy (non-hydrogen) atoms. The minimum absolute atomic E-state index is 0.245. The fourth-order valence-electron chi connectivity index (χ4n) is 0.384. The van der Waals surface area contributed by atoms with Gasteiger partial charge in [-0.2, -0.15) is 0 Å². The molecule has 0 saturated carbocycles. The molecule has 0 radical (unpaired) electrons. The highest BCUT2D eigenvalue weighted by Gasteiger charge is 2.13. The molecule has 0 spiro atoms. The molecule has 0 fully saturated rings. The van der Waals surface area contributed by atoms with E-state index in [1.165, 1.54) is 0 Å². The van der Waals surface area contributed by atoms with Gasteiger partial charge in [-0.3, -0.25) is 16.5 Å². The Balaban J connectivity index is 0. The van der Waals surface area contributed by atoms with Gasteiger partial charge < -0.3 is 15.3 Å². The van der Waals surface area contributed by atoms with Crippen molar-refractivity contribution in [2.24, 2.45) is 11.7 Å². The van der Waals surface area contributed by atoms with Crippen LogP contribution >= 0.6 is 0 Å². The molecule has 1 unspecified atom stereocenters. The van der Waals surface area contributed by atoms with Crippen molar-refractivity contribution in [1.82, 2.24) is 0 Å². The van der Waals surface area contributed by atoms with Gasteiger partial charge in [-0.1, -0.05) is 0 Å². The minimum atomic E-state index is -1.56. The number of aliphatic carboxylic acids is 2. The summed E-state index contributed by atoms with van der Waals surface area (Å²) in [4.78, 5) is 19.7. The van der Waals surface area contributed by atoms with Crippen LogP contribution in [0.4, 0.5) is 0 Å². The highest BCUT2D eigenvalue weighted by atomic mass is 16.4. The van der Waals surface area contributed by atoms with Crippen LogP contribution in [0, 0.1) is 0 Å². The highest BCUT2D eigenvalue weighted by Crippen LogP contribution is 1.95. The predicted molar refractivity (Wildman–Crippen MR) is 38.9 cm³/mol. The van der Waals surface area contributed by atoms with Gasteiger partial charge in [0.1, 0.15) is 0 Å². The largest absolute Gasteiger partial charge is 0.481 e. The second-order valence-electron chi connectivity index (χ2n) is 1.79. The van der Waals surface area contributed by atoms with Gasteiger partial charge in [-0.25, -0.2) is 4.79 Å². The zero-order chi connectivity index (χ0) is 10.1. The van der Waals surface area contributed by atoms with Crippen LogP contribution in [0.3, 0.4) is 0 Å². The average molecular weight is 180 g/mol. The Hall–Kier alpha value is -1.18. The molecular weight excluding hydrogens is 168 g/mol. The van der Waals surface area contributed by atoms with Crippen LogP contribution in [0.15, 0.2) is 0 Å². The van der Waals surface area contributed by atoms with E-state index in [2.05, 4.69) is 11.7 Å². The van der Waals surface area contributed by atoms with Crippen molar-refractivity contribution in [1.29, 1.82) is 0 Å². The molecule has 0 bridgehead atoms. The molecule has 7 N–H and O–H groups in total. The van der Waals surface area contributed by atoms with E-state index in [4.69, 9.17) is 15.3 Å². The molecule has 0 heterocycles. The molecular formula is C5H12N2O5. The maximum Gasteiger partial charge on any atom is 0.332 e. The quantitative estimate of drug-likeness (QED) is 0.251. The van der Waals surface area contributed by atoms with Crippen molar-refractivity contribution in [2.75, 3.05) is 0 Å². The molecule has 0 aromatic rings. The number of carboxylic acids is 2. The minimum Gasteiger partial charge on any atom is -0.481 e. The molecule has 7 nitrogen and oxygen atoms in total. The Kier molecular flexibility index (Phi) is 8.85. The summed E-state index contributed by atoms with van der Waals surface area (Å²) >= 11 is 0. The predicted octanol–water partition coefficient (Wildman–Crippen LogP) is -1.88. The van der Waals surface area contributed by atoms with Gasteiger partial charge in [0.25, 0.3) is 0 Å².